The van der Waals surface area contributed by atoms with Gasteiger partial charge >= 0.3 is 5.97 Å². The lowest BCUT2D eigenvalue weighted by atomic mass is 10.1. The Bertz CT molecular complexity index is 1250. The third kappa shape index (κ3) is 4.38. The fraction of sp³-hybridized carbons (Fsp3) is 0.154. The lowest BCUT2D eigenvalue weighted by Crippen LogP contribution is -2.31. The molecule has 0 bridgehead atoms. The number of ether oxygens (including phenoxy) is 1. The van der Waals surface area contributed by atoms with Crippen molar-refractivity contribution < 1.29 is 23.9 Å². The molecule has 3 aromatic carbocycles. The van der Waals surface area contributed by atoms with E-state index in [1.807, 2.05) is 31.1 Å². The van der Waals surface area contributed by atoms with Crippen LogP contribution in [0.5, 0.6) is 0 Å². The number of fused-ring (bicyclic) bond motifs is 1. The number of benzene rings is 3. The summed E-state index contributed by atoms with van der Waals surface area (Å²) in [7, 11) is 3.83. The summed E-state index contributed by atoms with van der Waals surface area (Å²) < 4.78 is 5.32. The maximum Gasteiger partial charge on any atom is 0.338 e. The molecule has 0 fully saturated rings. The first-order valence-electron chi connectivity index (χ1n) is 10.6. The highest BCUT2D eigenvalue weighted by Gasteiger charge is 2.36. The first-order chi connectivity index (χ1) is 16.3. The number of nitrogens with one attached hydrogen (secondary N) is 1. The average molecular weight is 457 g/mol. The lowest BCUT2D eigenvalue weighted by molar-refractivity contribution is -0.123. The lowest BCUT2D eigenvalue weighted by Gasteiger charge is -2.17. The van der Waals surface area contributed by atoms with Crippen LogP contribution in [0.2, 0.25) is 0 Å². The Balaban J connectivity index is 1.44. The third-order valence-corrected chi connectivity index (χ3v) is 5.44. The van der Waals surface area contributed by atoms with Crippen LogP contribution in [-0.2, 0) is 9.53 Å². The first kappa shape index (κ1) is 22.7. The zero-order valence-corrected chi connectivity index (χ0v) is 18.9. The van der Waals surface area contributed by atoms with Crippen LogP contribution in [0, 0.1) is 0 Å². The molecule has 0 unspecified atom stereocenters. The summed E-state index contributed by atoms with van der Waals surface area (Å²) in [6.07, 6.45) is -1.07. The molecule has 3 amide bonds. The molecule has 1 aliphatic rings. The molecule has 4 rings (SSSR count). The minimum Gasteiger partial charge on any atom is -0.449 e. The van der Waals surface area contributed by atoms with Gasteiger partial charge in [0.2, 0.25) is 0 Å². The molecule has 1 heterocycles. The van der Waals surface area contributed by atoms with E-state index in [0.717, 1.165) is 10.6 Å². The predicted molar refractivity (Wildman–Crippen MR) is 128 cm³/mol. The molecule has 1 atom stereocenters. The van der Waals surface area contributed by atoms with Crippen molar-refractivity contribution in [1.29, 1.82) is 0 Å². The summed E-state index contributed by atoms with van der Waals surface area (Å²) in [6, 6.07) is 19.8. The predicted octanol–water partition coefficient (Wildman–Crippen LogP) is 3.74. The number of esters is 1. The number of anilines is 3. The second-order valence-corrected chi connectivity index (χ2v) is 8.02. The van der Waals surface area contributed by atoms with Crippen molar-refractivity contribution in [2.75, 3.05) is 29.2 Å². The highest BCUT2D eigenvalue weighted by Crippen LogP contribution is 2.29. The van der Waals surface area contributed by atoms with Crippen molar-refractivity contribution in [1.82, 2.24) is 0 Å². The molecule has 1 N–H and O–H groups in total. The summed E-state index contributed by atoms with van der Waals surface area (Å²) in [5, 5.41) is 2.71. The number of hydrogen-bond donors (Lipinski definition) is 1. The SMILES string of the molecule is C[C@H](OC(=O)c1cccc(N2C(=O)c3ccccc3C2=O)c1)C(=O)Nc1ccc(N(C)C)cc1. The van der Waals surface area contributed by atoms with Crippen LogP contribution in [0.3, 0.4) is 0 Å². The summed E-state index contributed by atoms with van der Waals surface area (Å²) in [4.78, 5) is 53.6. The van der Waals surface area contributed by atoms with E-state index in [9.17, 15) is 19.2 Å². The van der Waals surface area contributed by atoms with Crippen LogP contribution in [0.25, 0.3) is 0 Å². The van der Waals surface area contributed by atoms with Crippen molar-refractivity contribution in [2.45, 2.75) is 13.0 Å². The van der Waals surface area contributed by atoms with Gasteiger partial charge in [0.25, 0.3) is 17.7 Å². The average Bonchev–Trinajstić information content (AvgIpc) is 3.09. The molecule has 0 saturated heterocycles. The molecular formula is C26H23N3O5. The van der Waals surface area contributed by atoms with Crippen LogP contribution >= 0.6 is 0 Å². The number of amides is 3. The molecule has 0 saturated carbocycles. The Morgan fingerprint density at radius 1 is 0.882 bits per heavy atom. The Labute approximate surface area is 196 Å². The van der Waals surface area contributed by atoms with Gasteiger partial charge in [-0.3, -0.25) is 14.4 Å². The quantitative estimate of drug-likeness (QED) is 0.448. The number of rotatable bonds is 6. The monoisotopic (exact) mass is 457 g/mol. The Morgan fingerprint density at radius 2 is 1.50 bits per heavy atom. The highest BCUT2D eigenvalue weighted by atomic mass is 16.5. The van der Waals surface area contributed by atoms with E-state index in [1.165, 1.54) is 19.1 Å². The van der Waals surface area contributed by atoms with Gasteiger partial charge in [0.1, 0.15) is 0 Å². The van der Waals surface area contributed by atoms with Crippen molar-refractivity contribution in [3.8, 4) is 0 Å². The zero-order chi connectivity index (χ0) is 24.4. The van der Waals surface area contributed by atoms with Crippen molar-refractivity contribution >= 4 is 40.8 Å². The number of nitrogens with zero attached hydrogens (tertiary/aromatic N) is 2. The van der Waals surface area contributed by atoms with E-state index in [2.05, 4.69) is 5.32 Å². The van der Waals surface area contributed by atoms with Crippen molar-refractivity contribution in [2.24, 2.45) is 0 Å². The van der Waals surface area contributed by atoms with Gasteiger partial charge in [0.15, 0.2) is 6.10 Å². The summed E-state index contributed by atoms with van der Waals surface area (Å²) in [5.41, 5.74) is 2.54. The molecular weight excluding hydrogens is 434 g/mol. The van der Waals surface area contributed by atoms with E-state index in [-0.39, 0.29) is 11.3 Å². The molecule has 8 heteroatoms. The number of carbonyl (C=O) groups excluding carboxylic acids is 4. The normalized spacial score (nSPS) is 13.3. The zero-order valence-electron chi connectivity index (χ0n) is 18.9. The minimum absolute atomic E-state index is 0.115. The molecule has 34 heavy (non-hydrogen) atoms. The minimum atomic E-state index is -1.07. The highest BCUT2D eigenvalue weighted by molar-refractivity contribution is 6.34. The first-order valence-corrected chi connectivity index (χ1v) is 10.6. The molecule has 8 nitrogen and oxygen atoms in total. The fourth-order valence-electron chi connectivity index (χ4n) is 3.56. The fourth-order valence-corrected chi connectivity index (χ4v) is 3.56. The second-order valence-electron chi connectivity index (χ2n) is 8.02. The number of imide groups is 1. The van der Waals surface area contributed by atoms with E-state index < -0.39 is 29.8 Å². The van der Waals surface area contributed by atoms with Gasteiger partial charge in [-0.2, -0.15) is 0 Å². The molecule has 172 valence electrons. The molecule has 0 aliphatic carbocycles. The summed E-state index contributed by atoms with van der Waals surface area (Å²) in [5.74, 6) is -2.15. The van der Waals surface area contributed by atoms with Gasteiger partial charge < -0.3 is 15.0 Å². The van der Waals surface area contributed by atoms with Gasteiger partial charge in [-0.1, -0.05) is 18.2 Å². The Hall–Kier alpha value is -4.46. The Morgan fingerprint density at radius 3 is 2.09 bits per heavy atom. The third-order valence-electron chi connectivity index (χ3n) is 5.44. The van der Waals surface area contributed by atoms with E-state index in [0.29, 0.717) is 16.8 Å². The molecule has 3 aromatic rings. The molecule has 0 spiro atoms. The Kier molecular flexibility index (Phi) is 6.14. The van der Waals surface area contributed by atoms with Gasteiger partial charge in [-0.25, -0.2) is 9.69 Å². The number of hydrogen-bond acceptors (Lipinski definition) is 6. The van der Waals surface area contributed by atoms with Crippen LogP contribution in [-0.4, -0.2) is 43.9 Å². The van der Waals surface area contributed by atoms with Gasteiger partial charge in [0, 0.05) is 25.5 Å². The maximum absolute atomic E-state index is 12.7. The second kappa shape index (κ2) is 9.19. The standard InChI is InChI=1S/C26H23N3O5/c1-16(23(30)27-18-11-13-19(14-12-18)28(2)3)34-26(33)17-7-6-8-20(15-17)29-24(31)21-9-4-5-10-22(21)25(29)32/h4-16H,1-3H3,(H,27,30)/t16-/m0/s1. The smallest absolute Gasteiger partial charge is 0.338 e. The summed E-state index contributed by atoms with van der Waals surface area (Å²) >= 11 is 0. The van der Waals surface area contributed by atoms with Crippen molar-refractivity contribution in [3.05, 3.63) is 89.5 Å². The van der Waals surface area contributed by atoms with Gasteiger partial charge in [0.05, 0.1) is 22.4 Å². The van der Waals surface area contributed by atoms with Crippen LogP contribution < -0.4 is 15.1 Å². The largest absolute Gasteiger partial charge is 0.449 e. The van der Waals surface area contributed by atoms with Gasteiger partial charge in [-0.05, 0) is 61.5 Å². The maximum atomic E-state index is 12.7. The van der Waals surface area contributed by atoms with Crippen LogP contribution in [0.15, 0.2) is 72.8 Å². The number of carbonyl (C=O) groups is 4. The van der Waals surface area contributed by atoms with Gasteiger partial charge in [-0.15, -0.1) is 0 Å². The molecule has 0 radical (unpaired) electrons. The molecule has 1 aliphatic heterocycles. The van der Waals surface area contributed by atoms with Crippen LogP contribution in [0.1, 0.15) is 38.0 Å². The van der Waals surface area contributed by atoms with Crippen molar-refractivity contribution in [3.63, 3.8) is 0 Å². The van der Waals surface area contributed by atoms with E-state index in [1.54, 1.807) is 48.5 Å². The summed E-state index contributed by atoms with van der Waals surface area (Å²) in [6.45, 7) is 1.47. The topological polar surface area (TPSA) is 96.0 Å². The molecule has 0 aromatic heterocycles. The van der Waals surface area contributed by atoms with Crippen LogP contribution in [0.4, 0.5) is 17.1 Å². The van der Waals surface area contributed by atoms with E-state index in [4.69, 9.17) is 4.74 Å². The van der Waals surface area contributed by atoms with E-state index >= 15 is 0 Å².